The molecule has 0 aromatic heterocycles. The second-order valence-corrected chi connectivity index (χ2v) is 7.54. The first-order valence-electron chi connectivity index (χ1n) is 8.35. The number of carboxylic acids is 1. The van der Waals surface area contributed by atoms with Crippen molar-refractivity contribution in [3.8, 4) is 0 Å². The molecule has 6 nitrogen and oxygen atoms in total. The molecule has 1 fully saturated rings. The largest absolute Gasteiger partial charge is 0.478 e. The molecule has 2 aromatic carbocycles. The van der Waals surface area contributed by atoms with Crippen LogP contribution in [0.25, 0.3) is 0 Å². The summed E-state index contributed by atoms with van der Waals surface area (Å²) < 4.78 is 0. The first kappa shape index (κ1) is 18.3. The van der Waals surface area contributed by atoms with Crippen LogP contribution in [0.3, 0.4) is 0 Å². The Bertz CT molecular complexity index is 795. The summed E-state index contributed by atoms with van der Waals surface area (Å²) in [4.78, 5) is 23.4. The van der Waals surface area contributed by atoms with Gasteiger partial charge >= 0.3 is 5.97 Å². The second kappa shape index (κ2) is 8.25. The smallest absolute Gasteiger partial charge is 0.335 e. The average Bonchev–Trinajstić information content (AvgIpc) is 3.11. The van der Waals surface area contributed by atoms with Gasteiger partial charge in [0, 0.05) is 28.9 Å². The fourth-order valence-electron chi connectivity index (χ4n) is 2.82. The zero-order chi connectivity index (χ0) is 18.5. The number of rotatable bonds is 6. The van der Waals surface area contributed by atoms with E-state index in [1.54, 1.807) is 12.1 Å². The molecular formula is C19H21N3O3S. The molecule has 5 N–H and O–H groups in total. The van der Waals surface area contributed by atoms with Gasteiger partial charge in [0.25, 0.3) is 0 Å². The van der Waals surface area contributed by atoms with Crippen molar-refractivity contribution in [3.63, 3.8) is 0 Å². The first-order valence-corrected chi connectivity index (χ1v) is 9.40. The van der Waals surface area contributed by atoms with Crippen molar-refractivity contribution in [1.29, 1.82) is 0 Å². The molecule has 26 heavy (non-hydrogen) atoms. The molecule has 1 saturated heterocycles. The van der Waals surface area contributed by atoms with E-state index in [-0.39, 0.29) is 17.5 Å². The van der Waals surface area contributed by atoms with E-state index in [4.69, 9.17) is 10.8 Å². The topological polar surface area (TPSA) is 104 Å². The summed E-state index contributed by atoms with van der Waals surface area (Å²) in [6, 6.07) is 13.8. The maximum absolute atomic E-state index is 12.4. The summed E-state index contributed by atoms with van der Waals surface area (Å²) in [7, 11) is 0. The van der Waals surface area contributed by atoms with Crippen molar-refractivity contribution in [2.24, 2.45) is 0 Å². The molecular weight excluding hydrogens is 350 g/mol. The van der Waals surface area contributed by atoms with E-state index in [9.17, 15) is 9.59 Å². The average molecular weight is 371 g/mol. The van der Waals surface area contributed by atoms with E-state index in [2.05, 4.69) is 10.6 Å². The van der Waals surface area contributed by atoms with Gasteiger partial charge in [-0.05, 0) is 42.3 Å². The number of hydrogen-bond acceptors (Lipinski definition) is 5. The normalized spacial score (nSPS) is 19.2. The van der Waals surface area contributed by atoms with Gasteiger partial charge in [0.2, 0.25) is 5.91 Å². The van der Waals surface area contributed by atoms with E-state index in [1.165, 1.54) is 17.7 Å². The minimum absolute atomic E-state index is 0.136. The van der Waals surface area contributed by atoms with Gasteiger partial charge in [-0.3, -0.25) is 4.79 Å². The predicted molar refractivity (Wildman–Crippen MR) is 104 cm³/mol. The van der Waals surface area contributed by atoms with Crippen LogP contribution in [0.15, 0.2) is 48.5 Å². The number of thioether (sulfide) groups is 1. The van der Waals surface area contributed by atoms with Crippen LogP contribution in [0.2, 0.25) is 0 Å². The highest BCUT2D eigenvalue weighted by Crippen LogP contribution is 2.26. The molecule has 1 aliphatic heterocycles. The van der Waals surface area contributed by atoms with Gasteiger partial charge < -0.3 is 21.5 Å². The molecule has 0 aliphatic carbocycles. The number of amides is 1. The van der Waals surface area contributed by atoms with Crippen LogP contribution in [0.1, 0.15) is 22.3 Å². The van der Waals surface area contributed by atoms with Crippen LogP contribution in [0.4, 0.5) is 11.4 Å². The predicted octanol–water partition coefficient (Wildman–Crippen LogP) is 2.57. The molecule has 136 valence electrons. The van der Waals surface area contributed by atoms with Crippen LogP contribution in [0.5, 0.6) is 0 Å². The van der Waals surface area contributed by atoms with Crippen molar-refractivity contribution in [2.75, 3.05) is 17.6 Å². The Morgan fingerprint density at radius 1 is 1.23 bits per heavy atom. The van der Waals surface area contributed by atoms with Gasteiger partial charge in [-0.1, -0.05) is 18.2 Å². The number of anilines is 2. The molecule has 0 radical (unpaired) electrons. The molecule has 0 spiro atoms. The van der Waals surface area contributed by atoms with E-state index >= 15 is 0 Å². The molecule has 1 heterocycles. The number of nitrogen functional groups attached to an aromatic ring is 1. The van der Waals surface area contributed by atoms with Crippen LogP contribution >= 0.6 is 11.8 Å². The van der Waals surface area contributed by atoms with Gasteiger partial charge in [-0.2, -0.15) is 11.8 Å². The highest BCUT2D eigenvalue weighted by molar-refractivity contribution is 7.99. The Hall–Kier alpha value is -2.51. The van der Waals surface area contributed by atoms with Crippen molar-refractivity contribution in [2.45, 2.75) is 23.5 Å². The maximum Gasteiger partial charge on any atom is 0.335 e. The lowest BCUT2D eigenvalue weighted by atomic mass is 10.1. The van der Waals surface area contributed by atoms with E-state index < -0.39 is 5.97 Å². The quantitative estimate of drug-likeness (QED) is 0.582. The van der Waals surface area contributed by atoms with Crippen LogP contribution < -0.4 is 16.4 Å². The van der Waals surface area contributed by atoms with Crippen LogP contribution in [-0.2, 0) is 10.5 Å². The molecule has 1 aliphatic rings. The third-order valence-electron chi connectivity index (χ3n) is 4.25. The van der Waals surface area contributed by atoms with Crippen LogP contribution in [-0.4, -0.2) is 34.8 Å². The number of nitrogens with one attached hydrogen (secondary N) is 2. The summed E-state index contributed by atoms with van der Waals surface area (Å²) in [5.74, 6) is -0.274. The lowest BCUT2D eigenvalue weighted by Crippen LogP contribution is -2.35. The van der Waals surface area contributed by atoms with Gasteiger partial charge in [-0.15, -0.1) is 0 Å². The fourth-order valence-corrected chi connectivity index (χ4v) is 3.98. The van der Waals surface area contributed by atoms with Gasteiger partial charge in [0.1, 0.15) is 0 Å². The fraction of sp³-hybridized carbons (Fsp3) is 0.263. The third-order valence-corrected chi connectivity index (χ3v) is 5.58. The van der Waals surface area contributed by atoms with Crippen molar-refractivity contribution >= 4 is 35.0 Å². The maximum atomic E-state index is 12.4. The molecule has 3 rings (SSSR count). The highest BCUT2D eigenvalue weighted by atomic mass is 32.2. The summed E-state index contributed by atoms with van der Waals surface area (Å²) in [6.07, 6.45) is 0.740. The van der Waals surface area contributed by atoms with E-state index in [0.29, 0.717) is 10.9 Å². The van der Waals surface area contributed by atoms with Crippen LogP contribution in [0, 0.1) is 0 Å². The highest BCUT2D eigenvalue weighted by Gasteiger charge is 2.29. The molecule has 7 heteroatoms. The molecule has 2 atom stereocenters. The molecule has 0 saturated carbocycles. The summed E-state index contributed by atoms with van der Waals surface area (Å²) in [5.41, 5.74) is 8.30. The number of carbonyl (C=O) groups is 2. The monoisotopic (exact) mass is 371 g/mol. The Labute approximate surface area is 156 Å². The Kier molecular flexibility index (Phi) is 5.80. The Morgan fingerprint density at radius 2 is 2.00 bits per heavy atom. The molecule has 2 aromatic rings. The number of carbonyl (C=O) groups excluding carboxylic acids is 1. The number of carboxylic acid groups (broad SMARTS) is 1. The lowest BCUT2D eigenvalue weighted by Gasteiger charge is -2.12. The molecule has 0 bridgehead atoms. The first-order chi connectivity index (χ1) is 12.5. The third kappa shape index (κ3) is 4.77. The van der Waals surface area contributed by atoms with Gasteiger partial charge in [0.05, 0.1) is 11.6 Å². The van der Waals surface area contributed by atoms with E-state index in [0.717, 1.165) is 24.4 Å². The summed E-state index contributed by atoms with van der Waals surface area (Å²) in [6.45, 7) is 0.771. The zero-order valence-electron chi connectivity index (χ0n) is 14.1. The minimum Gasteiger partial charge on any atom is -0.478 e. The second-order valence-electron chi connectivity index (χ2n) is 6.25. The molecule has 0 unspecified atom stereocenters. The summed E-state index contributed by atoms with van der Waals surface area (Å²) >= 11 is 1.82. The standard InChI is InChI=1S/C19H21N3O3S/c20-14-6-4-12(5-7-14)11-26-16-9-17(21-10-16)18(23)22-15-3-1-2-13(8-15)19(24)25/h1-8,16-17,21H,9-11,20H2,(H,22,23)(H,24,25)/t16-,17-/m0/s1. The zero-order valence-corrected chi connectivity index (χ0v) is 15.0. The lowest BCUT2D eigenvalue weighted by molar-refractivity contribution is -0.117. The van der Waals surface area contributed by atoms with Crippen molar-refractivity contribution < 1.29 is 14.7 Å². The van der Waals surface area contributed by atoms with Gasteiger partial charge in [-0.25, -0.2) is 4.79 Å². The SMILES string of the molecule is Nc1ccc(CS[C@@H]2CN[C@H](C(=O)Nc3cccc(C(=O)O)c3)C2)cc1. The van der Waals surface area contributed by atoms with Crippen molar-refractivity contribution in [1.82, 2.24) is 5.32 Å². The minimum atomic E-state index is -1.01. The number of benzene rings is 2. The number of aromatic carboxylic acids is 1. The Morgan fingerprint density at radius 3 is 2.73 bits per heavy atom. The number of nitrogens with two attached hydrogens (primary N) is 1. The van der Waals surface area contributed by atoms with E-state index in [1.807, 2.05) is 36.0 Å². The summed E-state index contributed by atoms with van der Waals surface area (Å²) in [5, 5.41) is 15.4. The molecule has 1 amide bonds. The Balaban J connectivity index is 1.50. The number of hydrogen-bond donors (Lipinski definition) is 4. The van der Waals surface area contributed by atoms with Crippen molar-refractivity contribution in [3.05, 3.63) is 59.7 Å². The van der Waals surface area contributed by atoms with Gasteiger partial charge in [0.15, 0.2) is 0 Å².